The largest absolute Gasteiger partial charge is 0.484 e. The van der Waals surface area contributed by atoms with Crippen LogP contribution in [0.5, 0.6) is 5.75 Å². The van der Waals surface area contributed by atoms with E-state index in [9.17, 15) is 4.79 Å². The second kappa shape index (κ2) is 6.66. The van der Waals surface area contributed by atoms with Crippen molar-refractivity contribution in [3.63, 3.8) is 0 Å². The predicted octanol–water partition coefficient (Wildman–Crippen LogP) is 4.10. The molecule has 24 heavy (non-hydrogen) atoms. The number of hydrogen-bond acceptors (Lipinski definition) is 4. The summed E-state index contributed by atoms with van der Waals surface area (Å²) in [5, 5.41) is 0.597. The normalized spacial score (nSPS) is 26.4. The molecule has 1 atom stereocenters. The smallest absolute Gasteiger partial charge is 0.177 e. The van der Waals surface area contributed by atoms with Crippen molar-refractivity contribution in [2.24, 2.45) is 5.92 Å². The van der Waals surface area contributed by atoms with Crippen molar-refractivity contribution in [2.75, 3.05) is 19.8 Å². The van der Waals surface area contributed by atoms with Gasteiger partial charge in [-0.15, -0.1) is 0 Å². The Labute approximate surface area is 147 Å². The van der Waals surface area contributed by atoms with E-state index in [0.717, 1.165) is 57.3 Å². The lowest BCUT2D eigenvalue weighted by Crippen LogP contribution is -2.35. The van der Waals surface area contributed by atoms with Crippen molar-refractivity contribution in [2.45, 2.75) is 50.2 Å². The molecule has 1 unspecified atom stereocenters. The molecule has 1 saturated heterocycles. The molecule has 0 radical (unpaired) electrons. The van der Waals surface area contributed by atoms with E-state index in [4.69, 9.17) is 25.8 Å². The van der Waals surface area contributed by atoms with Crippen LogP contribution in [0.3, 0.4) is 0 Å². The summed E-state index contributed by atoms with van der Waals surface area (Å²) >= 11 is 6.21. The third-order valence-electron chi connectivity index (χ3n) is 5.66. The number of ketones is 1. The molecule has 1 aromatic rings. The molecule has 130 valence electrons. The van der Waals surface area contributed by atoms with Gasteiger partial charge in [0.15, 0.2) is 11.6 Å². The topological polar surface area (TPSA) is 44.8 Å². The lowest BCUT2D eigenvalue weighted by Gasteiger charge is -2.36. The molecular formula is C19H23ClO4. The average Bonchev–Trinajstić information content (AvgIpc) is 3.04. The van der Waals surface area contributed by atoms with E-state index in [1.807, 2.05) is 18.2 Å². The number of ether oxygens (including phenoxy) is 3. The number of Topliss-reactive ketones (excluding diaryl/α,β-unsaturated/α-hetero) is 1. The molecule has 2 aliphatic heterocycles. The monoisotopic (exact) mass is 350 g/mol. The van der Waals surface area contributed by atoms with Gasteiger partial charge in [0.05, 0.1) is 18.2 Å². The van der Waals surface area contributed by atoms with Crippen LogP contribution in [0, 0.1) is 5.92 Å². The highest BCUT2D eigenvalue weighted by Crippen LogP contribution is 2.43. The van der Waals surface area contributed by atoms with Gasteiger partial charge in [0, 0.05) is 24.3 Å². The first-order valence-electron chi connectivity index (χ1n) is 8.89. The zero-order valence-corrected chi connectivity index (χ0v) is 14.5. The lowest BCUT2D eigenvalue weighted by molar-refractivity contribution is -0.182. The Morgan fingerprint density at radius 2 is 1.88 bits per heavy atom. The van der Waals surface area contributed by atoms with Gasteiger partial charge in [-0.25, -0.2) is 0 Å². The Morgan fingerprint density at radius 3 is 2.62 bits per heavy atom. The zero-order valence-electron chi connectivity index (χ0n) is 13.8. The maximum Gasteiger partial charge on any atom is 0.177 e. The molecule has 1 aromatic carbocycles. The van der Waals surface area contributed by atoms with E-state index in [0.29, 0.717) is 16.7 Å². The quantitative estimate of drug-likeness (QED) is 0.823. The maximum absolute atomic E-state index is 12.3. The van der Waals surface area contributed by atoms with Crippen LogP contribution in [0.1, 0.15) is 50.0 Å². The van der Waals surface area contributed by atoms with Crippen LogP contribution in [0.2, 0.25) is 5.02 Å². The van der Waals surface area contributed by atoms with E-state index in [-0.39, 0.29) is 24.1 Å². The van der Waals surface area contributed by atoms with Crippen molar-refractivity contribution in [1.82, 2.24) is 0 Å². The Hall–Kier alpha value is -1.10. The Kier molecular flexibility index (Phi) is 4.54. The summed E-state index contributed by atoms with van der Waals surface area (Å²) in [5.41, 5.74) is 0.952. The number of rotatable bonds is 3. The number of hydrogen-bond donors (Lipinski definition) is 0. The fourth-order valence-corrected chi connectivity index (χ4v) is 4.52. The average molecular weight is 351 g/mol. The van der Waals surface area contributed by atoms with Crippen molar-refractivity contribution in [3.8, 4) is 5.75 Å². The minimum Gasteiger partial charge on any atom is -0.484 e. The molecule has 0 aromatic heterocycles. The van der Waals surface area contributed by atoms with Gasteiger partial charge < -0.3 is 14.2 Å². The van der Waals surface area contributed by atoms with Crippen LogP contribution in [0.15, 0.2) is 18.2 Å². The minimum atomic E-state index is -0.300. The minimum absolute atomic E-state index is 0.0812. The van der Waals surface area contributed by atoms with Crippen LogP contribution in [-0.2, 0) is 14.3 Å². The van der Waals surface area contributed by atoms with E-state index in [1.165, 1.54) is 0 Å². The second-order valence-corrected chi connectivity index (χ2v) is 7.50. The van der Waals surface area contributed by atoms with Crippen LogP contribution in [0.25, 0.3) is 0 Å². The maximum atomic E-state index is 12.3. The highest BCUT2D eigenvalue weighted by atomic mass is 35.5. The van der Waals surface area contributed by atoms with Crippen LogP contribution in [0.4, 0.5) is 0 Å². The van der Waals surface area contributed by atoms with Crippen molar-refractivity contribution in [1.29, 1.82) is 0 Å². The highest BCUT2D eigenvalue weighted by Gasteiger charge is 2.40. The van der Waals surface area contributed by atoms with Gasteiger partial charge in [0.2, 0.25) is 0 Å². The fourth-order valence-electron chi connectivity index (χ4n) is 4.28. The van der Waals surface area contributed by atoms with Crippen LogP contribution in [-0.4, -0.2) is 31.4 Å². The standard InChI is InChI=1S/C19H23ClO4/c20-16-3-1-2-15-14(17(21)12-22-18(15)16)5-4-13-6-8-19(9-7-13)23-10-11-24-19/h1-3,13-14H,4-12H2. The van der Waals surface area contributed by atoms with Gasteiger partial charge in [-0.1, -0.05) is 23.7 Å². The number of fused-ring (bicyclic) bond motifs is 1. The van der Waals surface area contributed by atoms with Crippen LogP contribution >= 0.6 is 11.6 Å². The molecule has 5 heteroatoms. The first-order chi connectivity index (χ1) is 11.7. The molecule has 3 aliphatic rings. The van der Waals surface area contributed by atoms with E-state index in [1.54, 1.807) is 0 Å². The Morgan fingerprint density at radius 1 is 1.12 bits per heavy atom. The van der Waals surface area contributed by atoms with Gasteiger partial charge >= 0.3 is 0 Å². The number of para-hydroxylation sites is 1. The summed E-state index contributed by atoms with van der Waals surface area (Å²) in [6.07, 6.45) is 6.09. The van der Waals surface area contributed by atoms with Crippen molar-refractivity contribution >= 4 is 17.4 Å². The van der Waals surface area contributed by atoms with Gasteiger partial charge in [-0.05, 0) is 37.7 Å². The molecule has 4 nitrogen and oxygen atoms in total. The highest BCUT2D eigenvalue weighted by molar-refractivity contribution is 6.32. The van der Waals surface area contributed by atoms with Gasteiger partial charge in [0.1, 0.15) is 12.4 Å². The first kappa shape index (κ1) is 16.4. The predicted molar refractivity (Wildman–Crippen MR) is 90.5 cm³/mol. The molecule has 1 aliphatic carbocycles. The molecule has 0 amide bonds. The molecule has 1 saturated carbocycles. The third-order valence-corrected chi connectivity index (χ3v) is 5.96. The van der Waals surface area contributed by atoms with E-state index in [2.05, 4.69) is 0 Å². The van der Waals surface area contributed by atoms with E-state index >= 15 is 0 Å². The van der Waals surface area contributed by atoms with E-state index < -0.39 is 0 Å². The SMILES string of the molecule is O=C1COc2c(Cl)cccc2C1CCC1CCC2(CC1)OCCO2. The summed E-state index contributed by atoms with van der Waals surface area (Å²) < 4.78 is 17.1. The molecule has 2 heterocycles. The summed E-state index contributed by atoms with van der Waals surface area (Å²) in [7, 11) is 0. The summed E-state index contributed by atoms with van der Waals surface area (Å²) in [6.45, 7) is 1.58. The molecule has 4 rings (SSSR count). The Bertz CT molecular complexity index is 614. The fraction of sp³-hybridized carbons (Fsp3) is 0.632. The van der Waals surface area contributed by atoms with Gasteiger partial charge in [0.25, 0.3) is 0 Å². The first-order valence-corrected chi connectivity index (χ1v) is 9.26. The molecule has 0 bridgehead atoms. The van der Waals surface area contributed by atoms with Crippen LogP contribution < -0.4 is 4.74 Å². The molecule has 1 spiro atoms. The summed E-state index contributed by atoms with van der Waals surface area (Å²) in [4.78, 5) is 12.3. The van der Waals surface area contributed by atoms with Crippen molar-refractivity contribution < 1.29 is 19.0 Å². The van der Waals surface area contributed by atoms with Crippen molar-refractivity contribution in [3.05, 3.63) is 28.8 Å². The Balaban J connectivity index is 1.38. The van der Waals surface area contributed by atoms with Gasteiger partial charge in [-0.2, -0.15) is 0 Å². The van der Waals surface area contributed by atoms with Gasteiger partial charge in [-0.3, -0.25) is 4.79 Å². The second-order valence-electron chi connectivity index (χ2n) is 7.09. The number of carbonyl (C=O) groups is 1. The number of carbonyl (C=O) groups excluding carboxylic acids is 1. The summed E-state index contributed by atoms with van der Waals surface area (Å²) in [6, 6.07) is 5.68. The molecular weight excluding hydrogens is 328 g/mol. The zero-order chi connectivity index (χ0) is 16.6. The molecule has 0 N–H and O–H groups in total. The molecule has 2 fully saturated rings. The third kappa shape index (κ3) is 3.07. The summed E-state index contributed by atoms with van der Waals surface area (Å²) in [5.74, 6) is 1.12. The number of benzene rings is 1. The lowest BCUT2D eigenvalue weighted by atomic mass is 9.79. The number of halogens is 1.